The fourth-order valence-electron chi connectivity index (χ4n) is 0.968. The summed E-state index contributed by atoms with van der Waals surface area (Å²) >= 11 is 1.54. The van der Waals surface area contributed by atoms with Gasteiger partial charge in [0.25, 0.3) is 0 Å². The van der Waals surface area contributed by atoms with Crippen LogP contribution >= 0.6 is 11.3 Å². The van der Waals surface area contributed by atoms with Gasteiger partial charge in [-0.05, 0) is 13.8 Å². The average Bonchev–Trinajstić information content (AvgIpc) is 2.66. The lowest BCUT2D eigenvalue weighted by Gasteiger charge is -2.10. The van der Waals surface area contributed by atoms with Crippen molar-refractivity contribution >= 4 is 11.3 Å². The van der Waals surface area contributed by atoms with Crippen molar-refractivity contribution < 1.29 is 0 Å². The van der Waals surface area contributed by atoms with Crippen LogP contribution in [0.2, 0.25) is 0 Å². The fourth-order valence-corrected chi connectivity index (χ4v) is 1.98. The van der Waals surface area contributed by atoms with Crippen molar-refractivity contribution in [2.24, 2.45) is 5.73 Å². The first-order valence-electron chi connectivity index (χ1n) is 4.58. The van der Waals surface area contributed by atoms with Gasteiger partial charge in [0, 0.05) is 17.8 Å². The lowest BCUT2D eigenvalue weighted by atomic mass is 9.97. The van der Waals surface area contributed by atoms with E-state index in [2.05, 4.69) is 11.1 Å². The number of hydrogen-bond donors (Lipinski definition) is 1. The Morgan fingerprint density at radius 1 is 1.71 bits per heavy atom. The standard InChI is InChI=1S/C10H15N3S/c1-7(4-11)8-5-14-9(13-8)10(2,3)6-12/h5,7H,4,11H2,1-3H3. The van der Waals surface area contributed by atoms with E-state index >= 15 is 0 Å². The molecule has 1 rings (SSSR count). The van der Waals surface area contributed by atoms with Crippen molar-refractivity contribution in [1.82, 2.24) is 4.98 Å². The molecule has 1 unspecified atom stereocenters. The Hall–Kier alpha value is -0.920. The summed E-state index contributed by atoms with van der Waals surface area (Å²) in [5.74, 6) is 0.273. The summed E-state index contributed by atoms with van der Waals surface area (Å²) in [7, 11) is 0. The van der Waals surface area contributed by atoms with Gasteiger partial charge in [0.15, 0.2) is 0 Å². The van der Waals surface area contributed by atoms with Crippen LogP contribution in [0.4, 0.5) is 0 Å². The second kappa shape index (κ2) is 4.07. The van der Waals surface area contributed by atoms with Gasteiger partial charge in [-0.25, -0.2) is 4.98 Å². The summed E-state index contributed by atoms with van der Waals surface area (Å²) in [6, 6.07) is 2.24. The fraction of sp³-hybridized carbons (Fsp3) is 0.600. The molecule has 0 saturated carbocycles. The predicted octanol–water partition coefficient (Wildman–Crippen LogP) is 2.01. The number of nitrogens with zero attached hydrogens (tertiary/aromatic N) is 2. The summed E-state index contributed by atoms with van der Waals surface area (Å²) in [6.07, 6.45) is 0. The largest absolute Gasteiger partial charge is 0.330 e. The summed E-state index contributed by atoms with van der Waals surface area (Å²) < 4.78 is 0. The molecule has 0 bridgehead atoms. The molecule has 4 heteroatoms. The smallest absolute Gasteiger partial charge is 0.113 e. The van der Waals surface area contributed by atoms with E-state index < -0.39 is 5.41 Å². The third-order valence-corrected chi connectivity index (χ3v) is 3.38. The second-order valence-corrected chi connectivity index (χ2v) is 4.81. The topological polar surface area (TPSA) is 62.7 Å². The zero-order valence-electron chi connectivity index (χ0n) is 8.74. The zero-order valence-corrected chi connectivity index (χ0v) is 9.56. The van der Waals surface area contributed by atoms with E-state index in [-0.39, 0.29) is 5.92 Å². The second-order valence-electron chi connectivity index (χ2n) is 3.95. The maximum absolute atomic E-state index is 8.94. The van der Waals surface area contributed by atoms with Crippen LogP contribution in [0.3, 0.4) is 0 Å². The highest BCUT2D eigenvalue weighted by atomic mass is 32.1. The highest BCUT2D eigenvalue weighted by Crippen LogP contribution is 2.27. The Balaban J connectivity index is 2.95. The molecule has 0 aliphatic carbocycles. The first-order valence-corrected chi connectivity index (χ1v) is 5.46. The summed E-state index contributed by atoms with van der Waals surface area (Å²) in [4.78, 5) is 4.44. The van der Waals surface area contributed by atoms with Crippen LogP contribution in [0.25, 0.3) is 0 Å². The molecule has 0 amide bonds. The van der Waals surface area contributed by atoms with Gasteiger partial charge < -0.3 is 5.73 Å². The van der Waals surface area contributed by atoms with Crippen LogP contribution in [0.15, 0.2) is 5.38 Å². The van der Waals surface area contributed by atoms with Gasteiger partial charge in [0.1, 0.15) is 10.4 Å². The minimum atomic E-state index is -0.489. The Morgan fingerprint density at radius 2 is 2.36 bits per heavy atom. The molecule has 0 aliphatic rings. The number of nitriles is 1. The Bertz CT molecular complexity index is 348. The number of thiazole rings is 1. The summed E-state index contributed by atoms with van der Waals surface area (Å²) in [6.45, 7) is 6.39. The maximum atomic E-state index is 8.94. The van der Waals surface area contributed by atoms with Crippen molar-refractivity contribution in [3.63, 3.8) is 0 Å². The van der Waals surface area contributed by atoms with E-state index in [9.17, 15) is 0 Å². The molecule has 1 aromatic heterocycles. The molecule has 1 heterocycles. The van der Waals surface area contributed by atoms with E-state index in [1.165, 1.54) is 11.3 Å². The SMILES string of the molecule is CC(CN)c1csc(C(C)(C)C#N)n1. The highest BCUT2D eigenvalue weighted by Gasteiger charge is 2.24. The maximum Gasteiger partial charge on any atom is 0.113 e. The van der Waals surface area contributed by atoms with Crippen LogP contribution in [0.5, 0.6) is 0 Å². The molecule has 0 spiro atoms. The Morgan fingerprint density at radius 3 is 2.86 bits per heavy atom. The lowest BCUT2D eigenvalue weighted by Crippen LogP contribution is -2.14. The number of rotatable bonds is 3. The van der Waals surface area contributed by atoms with E-state index in [1.54, 1.807) is 0 Å². The molecule has 1 atom stereocenters. The van der Waals surface area contributed by atoms with Gasteiger partial charge in [-0.2, -0.15) is 5.26 Å². The van der Waals surface area contributed by atoms with Gasteiger partial charge >= 0.3 is 0 Å². The van der Waals surface area contributed by atoms with Gasteiger partial charge in [-0.15, -0.1) is 11.3 Å². The van der Waals surface area contributed by atoms with Crippen LogP contribution in [0.1, 0.15) is 37.4 Å². The van der Waals surface area contributed by atoms with Crippen LogP contribution in [0, 0.1) is 11.3 Å². The first kappa shape index (κ1) is 11.2. The molecule has 1 aromatic rings. The van der Waals surface area contributed by atoms with Crippen molar-refractivity contribution in [1.29, 1.82) is 5.26 Å². The molecule has 2 N–H and O–H groups in total. The van der Waals surface area contributed by atoms with E-state index in [4.69, 9.17) is 11.0 Å². The van der Waals surface area contributed by atoms with Gasteiger partial charge in [-0.3, -0.25) is 0 Å². The number of aromatic nitrogens is 1. The van der Waals surface area contributed by atoms with Gasteiger partial charge in [-0.1, -0.05) is 6.92 Å². The molecule has 0 aliphatic heterocycles. The molecule has 3 nitrogen and oxygen atoms in total. The molecular weight excluding hydrogens is 194 g/mol. The van der Waals surface area contributed by atoms with Gasteiger partial charge in [0.2, 0.25) is 0 Å². The first-order chi connectivity index (χ1) is 6.51. The Kier molecular flexibility index (Phi) is 3.25. The van der Waals surface area contributed by atoms with E-state index in [0.717, 1.165) is 10.7 Å². The normalized spacial score (nSPS) is 13.6. The van der Waals surface area contributed by atoms with Crippen molar-refractivity contribution in [3.05, 3.63) is 16.1 Å². The molecule has 0 radical (unpaired) electrons. The molecule has 14 heavy (non-hydrogen) atoms. The zero-order chi connectivity index (χ0) is 10.8. The number of nitrogens with two attached hydrogens (primary N) is 1. The van der Waals surface area contributed by atoms with Crippen molar-refractivity contribution in [2.45, 2.75) is 32.1 Å². The van der Waals surface area contributed by atoms with Crippen molar-refractivity contribution in [3.8, 4) is 6.07 Å². The minimum absolute atomic E-state index is 0.273. The average molecular weight is 209 g/mol. The summed E-state index contributed by atoms with van der Waals surface area (Å²) in [5.41, 5.74) is 6.06. The molecule has 0 fully saturated rings. The molecular formula is C10H15N3S. The van der Waals surface area contributed by atoms with Crippen molar-refractivity contribution in [2.75, 3.05) is 6.54 Å². The van der Waals surface area contributed by atoms with Crippen LogP contribution in [-0.2, 0) is 5.41 Å². The molecule has 76 valence electrons. The van der Waals surface area contributed by atoms with Crippen LogP contribution in [-0.4, -0.2) is 11.5 Å². The third-order valence-electron chi connectivity index (χ3n) is 2.19. The summed E-state index contributed by atoms with van der Waals surface area (Å²) in [5, 5.41) is 11.8. The quantitative estimate of drug-likeness (QED) is 0.828. The molecule has 0 aromatic carbocycles. The van der Waals surface area contributed by atoms with E-state index in [0.29, 0.717) is 6.54 Å². The highest BCUT2D eigenvalue weighted by molar-refractivity contribution is 7.09. The number of hydrogen-bond acceptors (Lipinski definition) is 4. The van der Waals surface area contributed by atoms with E-state index in [1.807, 2.05) is 26.2 Å². The van der Waals surface area contributed by atoms with Crippen LogP contribution < -0.4 is 5.73 Å². The monoisotopic (exact) mass is 209 g/mol. The minimum Gasteiger partial charge on any atom is -0.330 e. The predicted molar refractivity (Wildman–Crippen MR) is 58.2 cm³/mol. The molecule has 0 saturated heterocycles. The lowest BCUT2D eigenvalue weighted by molar-refractivity contribution is 0.664. The van der Waals surface area contributed by atoms with Gasteiger partial charge in [0.05, 0.1) is 11.8 Å². The Labute approximate surface area is 88.6 Å². The third kappa shape index (κ3) is 2.11.